The fourth-order valence-corrected chi connectivity index (χ4v) is 3.60. The molecule has 0 bridgehead atoms. The molecular formula is C24H26BF3NO3+. The molecule has 3 aromatic carbocycles. The molecule has 3 aromatic rings. The van der Waals surface area contributed by atoms with Gasteiger partial charge in [0.1, 0.15) is 17.2 Å². The van der Waals surface area contributed by atoms with E-state index in [2.05, 4.69) is 0 Å². The third-order valence-electron chi connectivity index (χ3n) is 5.61. The first-order valence-corrected chi connectivity index (χ1v) is 10.6. The Bertz CT molecular complexity index is 991. The molecule has 0 aliphatic heterocycles. The average molecular weight is 444 g/mol. The topological polar surface area (TPSA) is 27.7 Å². The second-order valence-corrected chi connectivity index (χ2v) is 7.19. The Morgan fingerprint density at radius 1 is 0.625 bits per heavy atom. The van der Waals surface area contributed by atoms with Crippen molar-refractivity contribution in [2.45, 2.75) is 20.8 Å². The molecule has 3 rings (SSSR count). The SMILES string of the molecule is CC[N+](CC)(CC)c1cccc(OB(Oc2ccccc2F)Oc2ccccc2F)c1F. The molecule has 0 aliphatic carbocycles. The summed E-state index contributed by atoms with van der Waals surface area (Å²) in [6.07, 6.45) is 0. The number of quaternary nitrogens is 1. The Balaban J connectivity index is 1.97. The van der Waals surface area contributed by atoms with E-state index >= 15 is 4.39 Å². The Morgan fingerprint density at radius 2 is 1.06 bits per heavy atom. The minimum atomic E-state index is -1.64. The Kier molecular flexibility index (Phi) is 7.69. The second kappa shape index (κ2) is 10.5. The Morgan fingerprint density at radius 3 is 1.53 bits per heavy atom. The van der Waals surface area contributed by atoms with Gasteiger partial charge in [-0.2, -0.15) is 4.39 Å². The number of nitrogens with zero attached hydrogens (tertiary/aromatic N) is 1. The molecule has 8 heteroatoms. The van der Waals surface area contributed by atoms with Crippen molar-refractivity contribution < 1.29 is 27.1 Å². The van der Waals surface area contributed by atoms with Crippen molar-refractivity contribution in [3.63, 3.8) is 0 Å². The van der Waals surface area contributed by atoms with Gasteiger partial charge in [0.15, 0.2) is 17.3 Å². The standard InChI is InChI=1S/C24H26BF3NO3/c1-4-29(5-2,6-3)20-14-11-17-23(24(20)28)32-25(30-21-15-9-7-12-18(21)26)31-22-16-10-8-13-19(22)27/h7-17H,4-6H2,1-3H3/q+1. The monoisotopic (exact) mass is 444 g/mol. The normalized spacial score (nSPS) is 11.2. The molecule has 32 heavy (non-hydrogen) atoms. The fraction of sp³-hybridized carbons (Fsp3) is 0.250. The summed E-state index contributed by atoms with van der Waals surface area (Å²) in [6, 6.07) is 16.1. The highest BCUT2D eigenvalue weighted by molar-refractivity contribution is 6.39. The van der Waals surface area contributed by atoms with E-state index in [9.17, 15) is 8.78 Å². The molecule has 0 saturated heterocycles. The highest BCUT2D eigenvalue weighted by Gasteiger charge is 2.36. The zero-order valence-electron chi connectivity index (χ0n) is 18.4. The predicted octanol–water partition coefficient (Wildman–Crippen LogP) is 5.99. The van der Waals surface area contributed by atoms with Crippen molar-refractivity contribution in [3.05, 3.63) is 84.2 Å². The molecule has 0 spiro atoms. The van der Waals surface area contributed by atoms with Crippen molar-refractivity contribution in [3.8, 4) is 17.2 Å². The predicted molar refractivity (Wildman–Crippen MR) is 120 cm³/mol. The van der Waals surface area contributed by atoms with Crippen LogP contribution in [-0.2, 0) is 0 Å². The molecule has 4 nitrogen and oxygen atoms in total. The number of halogens is 3. The van der Waals surface area contributed by atoms with Gasteiger partial charge >= 0.3 is 7.32 Å². The van der Waals surface area contributed by atoms with Gasteiger partial charge in [0.05, 0.1) is 19.6 Å². The molecule has 0 heterocycles. The Hall–Kier alpha value is -3.13. The summed E-state index contributed by atoms with van der Waals surface area (Å²) in [5.41, 5.74) is 0.463. The molecule has 0 saturated carbocycles. The first-order valence-electron chi connectivity index (χ1n) is 10.6. The van der Waals surface area contributed by atoms with Gasteiger partial charge in [0.25, 0.3) is 0 Å². The summed E-state index contributed by atoms with van der Waals surface area (Å²) in [7, 11) is -1.64. The molecular weight excluding hydrogens is 418 g/mol. The molecule has 0 fully saturated rings. The summed E-state index contributed by atoms with van der Waals surface area (Å²) >= 11 is 0. The lowest BCUT2D eigenvalue weighted by Crippen LogP contribution is -2.49. The maximum Gasteiger partial charge on any atom is 0.864 e. The molecule has 0 radical (unpaired) electrons. The van der Waals surface area contributed by atoms with Gasteiger partial charge in [0, 0.05) is 6.07 Å². The third kappa shape index (κ3) is 5.02. The van der Waals surface area contributed by atoms with Crippen LogP contribution in [0.15, 0.2) is 66.7 Å². The largest absolute Gasteiger partial charge is 0.864 e. The van der Waals surface area contributed by atoms with Gasteiger partial charge in [-0.1, -0.05) is 30.3 Å². The van der Waals surface area contributed by atoms with E-state index in [0.29, 0.717) is 29.8 Å². The summed E-state index contributed by atoms with van der Waals surface area (Å²) in [6.45, 7) is 8.04. The first kappa shape index (κ1) is 23.5. The Labute approximate surface area is 186 Å². The summed E-state index contributed by atoms with van der Waals surface area (Å²) in [5.74, 6) is -2.38. The first-order chi connectivity index (χ1) is 15.4. The van der Waals surface area contributed by atoms with Crippen LogP contribution < -0.4 is 18.4 Å². The van der Waals surface area contributed by atoms with Crippen LogP contribution in [0.25, 0.3) is 0 Å². The van der Waals surface area contributed by atoms with Crippen LogP contribution in [0.2, 0.25) is 0 Å². The van der Waals surface area contributed by atoms with Crippen LogP contribution in [0.1, 0.15) is 20.8 Å². The minimum absolute atomic E-state index is 0.141. The van der Waals surface area contributed by atoms with Gasteiger partial charge in [-0.05, 0) is 51.1 Å². The zero-order valence-corrected chi connectivity index (χ0v) is 18.4. The van der Waals surface area contributed by atoms with Crippen molar-refractivity contribution >= 4 is 13.0 Å². The smallest absolute Gasteiger partial charge is 0.487 e. The van der Waals surface area contributed by atoms with Crippen molar-refractivity contribution in [2.24, 2.45) is 0 Å². The highest BCUT2D eigenvalue weighted by atomic mass is 19.1. The maximum absolute atomic E-state index is 15.5. The number of benzene rings is 3. The van der Waals surface area contributed by atoms with Gasteiger partial charge in [-0.3, -0.25) is 4.48 Å². The number of para-hydroxylation sites is 2. The van der Waals surface area contributed by atoms with E-state index < -0.39 is 24.8 Å². The molecule has 0 unspecified atom stereocenters. The van der Waals surface area contributed by atoms with Crippen molar-refractivity contribution in [1.82, 2.24) is 4.48 Å². The number of hydrogen-bond acceptors (Lipinski definition) is 3. The molecule has 168 valence electrons. The van der Waals surface area contributed by atoms with Gasteiger partial charge in [-0.25, -0.2) is 8.78 Å². The van der Waals surface area contributed by atoms with E-state index in [1.165, 1.54) is 42.5 Å². The lowest BCUT2D eigenvalue weighted by atomic mass is 10.1. The highest BCUT2D eigenvalue weighted by Crippen LogP contribution is 2.33. The molecule has 0 amide bonds. The van der Waals surface area contributed by atoms with Crippen LogP contribution in [0.4, 0.5) is 18.9 Å². The van der Waals surface area contributed by atoms with Crippen molar-refractivity contribution in [2.75, 3.05) is 19.6 Å². The lowest BCUT2D eigenvalue weighted by molar-refractivity contribution is 0.279. The quantitative estimate of drug-likeness (QED) is 0.284. The van der Waals surface area contributed by atoms with Crippen LogP contribution >= 0.6 is 0 Å². The summed E-state index contributed by atoms with van der Waals surface area (Å²) < 4.78 is 60.9. The average Bonchev–Trinajstić information content (AvgIpc) is 2.80. The van der Waals surface area contributed by atoms with Crippen molar-refractivity contribution in [1.29, 1.82) is 0 Å². The van der Waals surface area contributed by atoms with E-state index in [4.69, 9.17) is 14.0 Å². The fourth-order valence-electron chi connectivity index (χ4n) is 3.60. The molecule has 0 N–H and O–H groups in total. The zero-order chi connectivity index (χ0) is 23.1. The van der Waals surface area contributed by atoms with E-state index in [-0.39, 0.29) is 17.2 Å². The maximum atomic E-state index is 15.5. The van der Waals surface area contributed by atoms with Gasteiger partial charge in [0.2, 0.25) is 5.82 Å². The number of hydrogen-bond donors (Lipinski definition) is 0. The lowest BCUT2D eigenvalue weighted by Gasteiger charge is -2.35. The van der Waals surface area contributed by atoms with Gasteiger partial charge < -0.3 is 14.0 Å². The third-order valence-corrected chi connectivity index (χ3v) is 5.61. The van der Waals surface area contributed by atoms with E-state index in [1.54, 1.807) is 24.3 Å². The van der Waals surface area contributed by atoms with Crippen LogP contribution in [0.3, 0.4) is 0 Å². The van der Waals surface area contributed by atoms with Gasteiger partial charge in [-0.15, -0.1) is 0 Å². The molecule has 0 aromatic heterocycles. The van der Waals surface area contributed by atoms with Crippen LogP contribution in [0.5, 0.6) is 17.2 Å². The second-order valence-electron chi connectivity index (χ2n) is 7.19. The van der Waals surface area contributed by atoms with Crippen LogP contribution in [0, 0.1) is 17.5 Å². The molecule has 0 aliphatic rings. The molecule has 0 atom stereocenters. The number of rotatable bonds is 10. The summed E-state index contributed by atoms with van der Waals surface area (Å²) in [4.78, 5) is 0. The minimum Gasteiger partial charge on any atom is -0.487 e. The van der Waals surface area contributed by atoms with Crippen LogP contribution in [-0.4, -0.2) is 27.0 Å². The van der Waals surface area contributed by atoms with E-state index in [1.807, 2.05) is 20.8 Å². The van der Waals surface area contributed by atoms with E-state index in [0.717, 1.165) is 0 Å². The summed E-state index contributed by atoms with van der Waals surface area (Å²) in [5, 5.41) is 0.